The number of phenols is 1. The molecule has 0 spiro atoms. The zero-order valence-electron chi connectivity index (χ0n) is 26.2. The highest BCUT2D eigenvalue weighted by Gasteiger charge is 2.55. The number of aryl methyl sites for hydroxylation is 1. The Morgan fingerprint density at radius 1 is 0.875 bits per heavy atom. The van der Waals surface area contributed by atoms with Crippen molar-refractivity contribution >= 4 is 44.4 Å². The number of aliphatic carboxylic acids is 1. The lowest BCUT2D eigenvalue weighted by Crippen LogP contribution is -2.47. The third-order valence-corrected chi connectivity index (χ3v) is 10.7. The highest BCUT2D eigenvalue weighted by atomic mass is 32.2. The van der Waals surface area contributed by atoms with Crippen LogP contribution in [0.2, 0.25) is 0 Å². The van der Waals surface area contributed by atoms with Gasteiger partial charge in [-0.3, -0.25) is 13.9 Å². The number of aromatic hydroxyl groups is 1. The van der Waals surface area contributed by atoms with Gasteiger partial charge < -0.3 is 20.3 Å². The number of ether oxygens (including phenoxy) is 1. The maximum absolute atomic E-state index is 14.1. The average Bonchev–Trinajstić information content (AvgIpc) is 3.62. The van der Waals surface area contributed by atoms with Crippen molar-refractivity contribution in [2.45, 2.75) is 75.5 Å². The Hall–Kier alpha value is -4.36. The quantitative estimate of drug-likeness (QED) is 0.157. The monoisotopic (exact) mass is 686 g/mol. The summed E-state index contributed by atoms with van der Waals surface area (Å²) in [5.74, 6) is -1.02. The van der Waals surface area contributed by atoms with Gasteiger partial charge in [0.2, 0.25) is 15.9 Å². The Balaban J connectivity index is 1.41. The molecule has 0 saturated carbocycles. The van der Waals surface area contributed by atoms with E-state index in [1.165, 1.54) is 24.3 Å². The van der Waals surface area contributed by atoms with Crippen molar-refractivity contribution in [1.29, 1.82) is 0 Å². The van der Waals surface area contributed by atoms with Crippen LogP contribution in [0.25, 0.3) is 11.1 Å². The topological polar surface area (TPSA) is 133 Å². The molecule has 2 bridgehead atoms. The maximum atomic E-state index is 14.1. The van der Waals surface area contributed by atoms with Gasteiger partial charge in [-0.2, -0.15) is 13.2 Å². The van der Waals surface area contributed by atoms with Crippen LogP contribution in [0, 0.1) is 6.92 Å². The molecule has 5 rings (SSSR count). The van der Waals surface area contributed by atoms with Gasteiger partial charge in [0.15, 0.2) is 0 Å². The number of alkyl halides is 3. The largest absolute Gasteiger partial charge is 0.508 e. The van der Waals surface area contributed by atoms with Crippen LogP contribution >= 0.6 is 0 Å². The van der Waals surface area contributed by atoms with Crippen molar-refractivity contribution in [3.8, 4) is 5.75 Å². The Kier molecular flexibility index (Phi) is 10.5. The molecule has 3 aromatic rings. The number of phenolic OH excluding ortho intramolecular Hbond substituents is 1. The molecule has 3 aromatic carbocycles. The number of nitrogens with zero attached hydrogens (tertiary/aromatic N) is 1. The van der Waals surface area contributed by atoms with E-state index in [0.717, 1.165) is 12.0 Å². The van der Waals surface area contributed by atoms with E-state index in [9.17, 15) is 36.3 Å². The summed E-state index contributed by atoms with van der Waals surface area (Å²) < 4.78 is 76.2. The number of sulfonamides is 1. The first kappa shape index (κ1) is 35.0. The smallest absolute Gasteiger partial charge is 0.407 e. The number of carbonyl (C=O) groups excluding carboxylic acids is 1. The number of anilines is 2. The number of rotatable bonds is 14. The van der Waals surface area contributed by atoms with Gasteiger partial charge in [-0.1, -0.05) is 54.8 Å². The molecular formula is C35H37F3N2O7S. The minimum absolute atomic E-state index is 0.0340. The SMILES string of the molecule is Cc1ccc(N(CC(F)(F)F)S(=O)(=O)C2CC3OC2C(c2ccc(NC(=O)CCCCCCC(=O)O)cc2)=C3c2ccc(O)cc2)cc1. The van der Waals surface area contributed by atoms with Crippen LogP contribution in [0.15, 0.2) is 72.8 Å². The zero-order valence-corrected chi connectivity index (χ0v) is 27.1. The van der Waals surface area contributed by atoms with Gasteiger partial charge in [-0.25, -0.2) is 8.42 Å². The zero-order chi connectivity index (χ0) is 34.6. The number of benzene rings is 3. The number of carboxylic acid groups (broad SMARTS) is 1. The van der Waals surface area contributed by atoms with Gasteiger partial charge in [0.25, 0.3) is 0 Å². The number of fused-ring (bicyclic) bond motifs is 2. The molecule has 0 radical (unpaired) electrons. The fourth-order valence-corrected chi connectivity index (χ4v) is 8.24. The Morgan fingerprint density at radius 2 is 1.46 bits per heavy atom. The number of halogens is 3. The first-order valence-electron chi connectivity index (χ1n) is 15.7. The molecule has 3 unspecified atom stereocenters. The van der Waals surface area contributed by atoms with Crippen LogP contribution in [0.1, 0.15) is 61.6 Å². The summed E-state index contributed by atoms with van der Waals surface area (Å²) in [5, 5.41) is 20.1. The fourth-order valence-electron chi connectivity index (χ4n) is 6.24. The van der Waals surface area contributed by atoms with Crippen LogP contribution in [-0.2, 0) is 24.3 Å². The van der Waals surface area contributed by atoms with Gasteiger partial charge in [0.1, 0.15) is 23.6 Å². The number of amides is 1. The van der Waals surface area contributed by atoms with Gasteiger partial charge in [0, 0.05) is 18.5 Å². The first-order chi connectivity index (χ1) is 22.7. The van der Waals surface area contributed by atoms with E-state index < -0.39 is 46.2 Å². The molecule has 2 aliphatic rings. The number of nitrogens with one attached hydrogen (secondary N) is 1. The summed E-state index contributed by atoms with van der Waals surface area (Å²) in [6.07, 6.45) is -3.70. The predicted octanol–water partition coefficient (Wildman–Crippen LogP) is 6.91. The average molecular weight is 687 g/mol. The molecule has 1 amide bonds. The molecule has 0 aliphatic carbocycles. The normalized spacial score (nSPS) is 19.0. The molecule has 9 nitrogen and oxygen atoms in total. The molecule has 2 aliphatic heterocycles. The van der Waals surface area contributed by atoms with Crippen molar-refractivity contribution in [2.24, 2.45) is 0 Å². The van der Waals surface area contributed by atoms with Crippen LogP contribution in [-0.4, -0.2) is 60.7 Å². The summed E-state index contributed by atoms with van der Waals surface area (Å²) in [7, 11) is -4.60. The second kappa shape index (κ2) is 14.4. The van der Waals surface area contributed by atoms with E-state index >= 15 is 0 Å². The van der Waals surface area contributed by atoms with E-state index in [4.69, 9.17) is 9.84 Å². The van der Waals surface area contributed by atoms with E-state index in [1.807, 2.05) is 0 Å². The molecule has 3 atom stereocenters. The van der Waals surface area contributed by atoms with Crippen molar-refractivity contribution in [3.63, 3.8) is 0 Å². The predicted molar refractivity (Wildman–Crippen MR) is 176 cm³/mol. The van der Waals surface area contributed by atoms with Gasteiger partial charge in [-0.15, -0.1) is 0 Å². The fraction of sp³-hybridized carbons (Fsp3) is 0.371. The number of carboxylic acids is 1. The third kappa shape index (κ3) is 8.19. The van der Waals surface area contributed by atoms with Crippen LogP contribution < -0.4 is 9.62 Å². The molecule has 13 heteroatoms. The van der Waals surface area contributed by atoms with Crippen molar-refractivity contribution < 1.29 is 46.1 Å². The highest BCUT2D eigenvalue weighted by Crippen LogP contribution is 2.51. The van der Waals surface area contributed by atoms with E-state index in [2.05, 4.69) is 5.32 Å². The van der Waals surface area contributed by atoms with Crippen LogP contribution in [0.5, 0.6) is 5.75 Å². The van der Waals surface area contributed by atoms with Crippen molar-refractivity contribution in [3.05, 3.63) is 89.5 Å². The molecule has 1 saturated heterocycles. The summed E-state index contributed by atoms with van der Waals surface area (Å²) in [5.41, 5.74) is 3.64. The second-order valence-corrected chi connectivity index (χ2v) is 14.2. The lowest BCUT2D eigenvalue weighted by atomic mass is 9.83. The standard InChI is InChI=1S/C35H37F3N2O7S/c1-22-8-16-26(17-9-22)40(21-35(36,37)38)48(45,46)29-20-28-32(23-12-18-27(41)19-13-23)33(34(29)47-28)24-10-14-25(15-11-24)39-30(42)6-4-2-3-5-7-31(43)44/h8-19,28-29,34,41H,2-7,20-21H2,1H3,(H,39,42)(H,43,44). The first-order valence-corrected chi connectivity index (χ1v) is 17.2. The molecular weight excluding hydrogens is 649 g/mol. The van der Waals surface area contributed by atoms with Crippen molar-refractivity contribution in [2.75, 3.05) is 16.2 Å². The Morgan fingerprint density at radius 3 is 2.06 bits per heavy atom. The summed E-state index contributed by atoms with van der Waals surface area (Å²) in [4.78, 5) is 23.1. The molecule has 1 fully saturated rings. The van der Waals surface area contributed by atoms with E-state index in [-0.39, 0.29) is 36.6 Å². The van der Waals surface area contributed by atoms with Crippen LogP contribution in [0.4, 0.5) is 24.5 Å². The van der Waals surface area contributed by atoms with Gasteiger partial charge in [-0.05, 0) is 84.9 Å². The number of hydrogen-bond acceptors (Lipinski definition) is 6. The van der Waals surface area contributed by atoms with E-state index in [1.54, 1.807) is 55.5 Å². The van der Waals surface area contributed by atoms with Gasteiger partial charge in [0.05, 0.1) is 11.8 Å². The minimum atomic E-state index is -4.80. The Labute approximate surface area is 277 Å². The number of unbranched alkanes of at least 4 members (excludes halogenated alkanes) is 3. The third-order valence-electron chi connectivity index (χ3n) is 8.53. The summed E-state index contributed by atoms with van der Waals surface area (Å²) in [6, 6.07) is 18.9. The maximum Gasteiger partial charge on any atom is 0.407 e. The molecule has 256 valence electrons. The molecule has 2 heterocycles. The molecule has 48 heavy (non-hydrogen) atoms. The van der Waals surface area contributed by atoms with Crippen molar-refractivity contribution in [1.82, 2.24) is 0 Å². The van der Waals surface area contributed by atoms with Gasteiger partial charge >= 0.3 is 12.1 Å². The lowest BCUT2D eigenvalue weighted by Gasteiger charge is -2.32. The number of hydrogen-bond donors (Lipinski definition) is 3. The summed E-state index contributed by atoms with van der Waals surface area (Å²) >= 11 is 0. The highest BCUT2D eigenvalue weighted by molar-refractivity contribution is 7.93. The summed E-state index contributed by atoms with van der Waals surface area (Å²) in [6.45, 7) is 0.0647. The Bertz CT molecular complexity index is 1760. The lowest BCUT2D eigenvalue weighted by molar-refractivity contribution is -0.137. The number of carbonyl (C=O) groups is 2. The van der Waals surface area contributed by atoms with E-state index in [0.29, 0.717) is 51.5 Å². The molecule has 0 aromatic heterocycles. The molecule has 3 N–H and O–H groups in total. The minimum Gasteiger partial charge on any atom is -0.508 e. The van der Waals surface area contributed by atoms with Crippen LogP contribution in [0.3, 0.4) is 0 Å². The second-order valence-electron chi connectivity index (χ2n) is 12.1.